The quantitative estimate of drug-likeness (QED) is 0.793. The van der Waals surface area contributed by atoms with E-state index in [0.717, 1.165) is 11.4 Å². The zero-order valence-corrected chi connectivity index (χ0v) is 10.6. The Morgan fingerprint density at radius 2 is 2.00 bits per heavy atom. The molecule has 0 unspecified atom stereocenters. The summed E-state index contributed by atoms with van der Waals surface area (Å²) < 4.78 is 5.05. The van der Waals surface area contributed by atoms with Gasteiger partial charge in [-0.25, -0.2) is 0 Å². The van der Waals surface area contributed by atoms with Crippen LogP contribution in [0.25, 0.3) is 0 Å². The molecule has 0 saturated carbocycles. The Balaban J connectivity index is 2.59. The van der Waals surface area contributed by atoms with Crippen molar-refractivity contribution in [1.29, 1.82) is 0 Å². The van der Waals surface area contributed by atoms with Gasteiger partial charge in [-0.05, 0) is 29.7 Å². The van der Waals surface area contributed by atoms with Crippen molar-refractivity contribution < 1.29 is 9.53 Å². The average molecular weight is 233 g/mol. The molecule has 1 amide bonds. The third kappa shape index (κ3) is 4.31. The average Bonchev–Trinajstić information content (AvgIpc) is 2.29. The first-order valence-corrected chi connectivity index (χ1v) is 5.54. The minimum absolute atomic E-state index is 0.0138. The summed E-state index contributed by atoms with van der Waals surface area (Å²) in [6.07, 6.45) is 2.21. The molecule has 1 aromatic rings. The molecule has 0 saturated heterocycles. The second-order valence-electron chi connectivity index (χ2n) is 4.65. The number of nitrogens with one attached hydrogen (secondary N) is 1. The fourth-order valence-electron chi connectivity index (χ4n) is 1.37. The standard InChI is InChI=1S/C14H19NO2/c1-5-14(2,3)10-13(16)15-11-6-8-12(17-4)9-7-11/h5-9H,1,10H2,2-4H3,(H,15,16). The summed E-state index contributed by atoms with van der Waals surface area (Å²) in [4.78, 5) is 11.8. The zero-order chi connectivity index (χ0) is 12.9. The Labute approximate surface area is 102 Å². The number of anilines is 1. The van der Waals surface area contributed by atoms with Crippen molar-refractivity contribution in [2.24, 2.45) is 5.41 Å². The van der Waals surface area contributed by atoms with Crippen LogP contribution in [0.4, 0.5) is 5.69 Å². The van der Waals surface area contributed by atoms with E-state index in [2.05, 4.69) is 11.9 Å². The number of hydrogen-bond donors (Lipinski definition) is 1. The Kier molecular flexibility index (Phi) is 4.32. The number of hydrogen-bond acceptors (Lipinski definition) is 2. The molecule has 0 spiro atoms. The van der Waals surface area contributed by atoms with Crippen LogP contribution in [0.2, 0.25) is 0 Å². The van der Waals surface area contributed by atoms with Gasteiger partial charge in [0.15, 0.2) is 0 Å². The van der Waals surface area contributed by atoms with Crippen LogP contribution in [0, 0.1) is 5.41 Å². The first-order chi connectivity index (χ1) is 7.96. The minimum Gasteiger partial charge on any atom is -0.497 e. The Morgan fingerprint density at radius 1 is 1.41 bits per heavy atom. The van der Waals surface area contributed by atoms with Crippen LogP contribution >= 0.6 is 0 Å². The lowest BCUT2D eigenvalue weighted by Crippen LogP contribution is -2.20. The number of allylic oxidation sites excluding steroid dienone is 1. The highest BCUT2D eigenvalue weighted by Crippen LogP contribution is 2.22. The van der Waals surface area contributed by atoms with E-state index in [1.165, 1.54) is 0 Å². The van der Waals surface area contributed by atoms with Crippen LogP contribution in [-0.2, 0) is 4.79 Å². The van der Waals surface area contributed by atoms with E-state index in [9.17, 15) is 4.79 Å². The molecule has 1 aromatic carbocycles. The maximum Gasteiger partial charge on any atom is 0.225 e. The van der Waals surface area contributed by atoms with Gasteiger partial charge in [0.25, 0.3) is 0 Å². The van der Waals surface area contributed by atoms with Crippen molar-refractivity contribution in [3.63, 3.8) is 0 Å². The summed E-state index contributed by atoms with van der Waals surface area (Å²) in [5.41, 5.74) is 0.590. The lowest BCUT2D eigenvalue weighted by Gasteiger charge is -2.18. The largest absolute Gasteiger partial charge is 0.497 e. The molecule has 1 N–H and O–H groups in total. The number of ether oxygens (including phenoxy) is 1. The maximum atomic E-state index is 11.8. The normalized spacial score (nSPS) is 10.8. The van der Waals surface area contributed by atoms with Gasteiger partial charge in [-0.3, -0.25) is 4.79 Å². The van der Waals surface area contributed by atoms with Crippen LogP contribution in [0.15, 0.2) is 36.9 Å². The molecule has 17 heavy (non-hydrogen) atoms. The number of carbonyl (C=O) groups is 1. The van der Waals surface area contributed by atoms with E-state index in [1.54, 1.807) is 13.2 Å². The highest BCUT2D eigenvalue weighted by molar-refractivity contribution is 5.91. The third-order valence-electron chi connectivity index (χ3n) is 2.54. The van der Waals surface area contributed by atoms with Gasteiger partial charge in [-0.2, -0.15) is 0 Å². The maximum absolute atomic E-state index is 11.8. The van der Waals surface area contributed by atoms with E-state index < -0.39 is 0 Å². The topological polar surface area (TPSA) is 38.3 Å². The van der Waals surface area contributed by atoms with Gasteiger partial charge in [0.05, 0.1) is 7.11 Å². The number of rotatable bonds is 5. The molecule has 0 aromatic heterocycles. The molecule has 0 heterocycles. The summed E-state index contributed by atoms with van der Waals surface area (Å²) >= 11 is 0. The van der Waals surface area contributed by atoms with Crippen molar-refractivity contribution in [3.05, 3.63) is 36.9 Å². The molecule has 0 aliphatic rings. The molecule has 3 nitrogen and oxygen atoms in total. The first-order valence-electron chi connectivity index (χ1n) is 5.54. The highest BCUT2D eigenvalue weighted by atomic mass is 16.5. The van der Waals surface area contributed by atoms with Gasteiger partial charge < -0.3 is 10.1 Å². The van der Waals surface area contributed by atoms with Crippen LogP contribution < -0.4 is 10.1 Å². The Bertz CT molecular complexity index is 393. The van der Waals surface area contributed by atoms with Crippen LogP contribution in [-0.4, -0.2) is 13.0 Å². The van der Waals surface area contributed by atoms with Gasteiger partial charge in [-0.15, -0.1) is 6.58 Å². The Morgan fingerprint density at radius 3 is 2.47 bits per heavy atom. The predicted octanol–water partition coefficient (Wildman–Crippen LogP) is 3.24. The molecular weight excluding hydrogens is 214 g/mol. The van der Waals surface area contributed by atoms with Gasteiger partial charge >= 0.3 is 0 Å². The number of amides is 1. The summed E-state index contributed by atoms with van der Waals surface area (Å²) in [7, 11) is 1.61. The molecular formula is C14H19NO2. The fourth-order valence-corrected chi connectivity index (χ4v) is 1.37. The smallest absolute Gasteiger partial charge is 0.225 e. The summed E-state index contributed by atoms with van der Waals surface area (Å²) in [6.45, 7) is 7.68. The second-order valence-corrected chi connectivity index (χ2v) is 4.65. The molecule has 92 valence electrons. The highest BCUT2D eigenvalue weighted by Gasteiger charge is 2.17. The minimum atomic E-state index is -0.184. The van der Waals surface area contributed by atoms with Crippen molar-refractivity contribution in [2.45, 2.75) is 20.3 Å². The zero-order valence-electron chi connectivity index (χ0n) is 10.6. The van der Waals surface area contributed by atoms with E-state index in [1.807, 2.05) is 38.1 Å². The number of methoxy groups -OCH3 is 1. The monoisotopic (exact) mass is 233 g/mol. The van der Waals surface area contributed by atoms with Crippen molar-refractivity contribution >= 4 is 11.6 Å². The summed E-state index contributed by atoms with van der Waals surface area (Å²) in [6, 6.07) is 7.26. The molecule has 0 bridgehead atoms. The van der Waals surface area contributed by atoms with Crippen molar-refractivity contribution in [3.8, 4) is 5.75 Å². The van der Waals surface area contributed by atoms with E-state index in [-0.39, 0.29) is 11.3 Å². The lowest BCUT2D eigenvalue weighted by atomic mass is 9.89. The van der Waals surface area contributed by atoms with E-state index in [0.29, 0.717) is 6.42 Å². The SMILES string of the molecule is C=CC(C)(C)CC(=O)Nc1ccc(OC)cc1. The number of benzene rings is 1. The van der Waals surface area contributed by atoms with Crippen molar-refractivity contribution in [2.75, 3.05) is 12.4 Å². The van der Waals surface area contributed by atoms with Crippen LogP contribution in [0.5, 0.6) is 5.75 Å². The van der Waals surface area contributed by atoms with Gasteiger partial charge in [-0.1, -0.05) is 19.9 Å². The van der Waals surface area contributed by atoms with Crippen molar-refractivity contribution in [1.82, 2.24) is 0 Å². The second kappa shape index (κ2) is 5.53. The lowest BCUT2D eigenvalue weighted by molar-refractivity contribution is -0.117. The van der Waals surface area contributed by atoms with Crippen LogP contribution in [0.1, 0.15) is 20.3 Å². The molecule has 0 fully saturated rings. The summed E-state index contributed by atoms with van der Waals surface area (Å²) in [5.74, 6) is 0.759. The van der Waals surface area contributed by atoms with E-state index in [4.69, 9.17) is 4.74 Å². The molecule has 1 rings (SSSR count). The third-order valence-corrected chi connectivity index (χ3v) is 2.54. The molecule has 0 atom stereocenters. The molecule has 3 heteroatoms. The summed E-state index contributed by atoms with van der Waals surface area (Å²) in [5, 5.41) is 2.84. The predicted molar refractivity (Wildman–Crippen MR) is 70.2 cm³/mol. The number of carbonyl (C=O) groups excluding carboxylic acids is 1. The van der Waals surface area contributed by atoms with E-state index >= 15 is 0 Å². The molecule has 0 aliphatic carbocycles. The molecule has 0 aliphatic heterocycles. The Hall–Kier alpha value is -1.77. The molecule has 0 radical (unpaired) electrons. The van der Waals surface area contributed by atoms with Gasteiger partial charge in [0, 0.05) is 12.1 Å². The van der Waals surface area contributed by atoms with Gasteiger partial charge in [0.1, 0.15) is 5.75 Å². The fraction of sp³-hybridized carbons (Fsp3) is 0.357. The first kappa shape index (κ1) is 13.3. The van der Waals surface area contributed by atoms with Gasteiger partial charge in [0.2, 0.25) is 5.91 Å². The van der Waals surface area contributed by atoms with Crippen LogP contribution in [0.3, 0.4) is 0 Å².